The van der Waals surface area contributed by atoms with Crippen LogP contribution < -0.4 is 5.32 Å². The van der Waals surface area contributed by atoms with Gasteiger partial charge < -0.3 is 14.6 Å². The molecular weight excluding hydrogens is 366 g/mol. The van der Waals surface area contributed by atoms with Crippen molar-refractivity contribution in [2.45, 2.75) is 17.7 Å². The highest BCUT2D eigenvalue weighted by molar-refractivity contribution is 7.89. The second kappa shape index (κ2) is 8.24. The molecule has 0 radical (unpaired) electrons. The van der Waals surface area contributed by atoms with Crippen molar-refractivity contribution in [3.63, 3.8) is 0 Å². The summed E-state index contributed by atoms with van der Waals surface area (Å²) in [6, 6.07) is 11.4. The molecule has 0 aliphatic carbocycles. The zero-order valence-corrected chi connectivity index (χ0v) is 16.4. The summed E-state index contributed by atoms with van der Waals surface area (Å²) in [4.78, 5) is 12.7. The number of carbonyl (C=O) groups excluding carboxylic acids is 1. The van der Waals surface area contributed by atoms with Crippen LogP contribution in [0.5, 0.6) is 0 Å². The number of nitrogens with one attached hydrogen (secondary N) is 1. The molecule has 3 rings (SSSR count). The van der Waals surface area contributed by atoms with Crippen LogP contribution in [-0.4, -0.2) is 56.0 Å². The highest BCUT2D eigenvalue weighted by Gasteiger charge is 2.28. The Morgan fingerprint density at radius 3 is 2.56 bits per heavy atom. The predicted octanol–water partition coefficient (Wildman–Crippen LogP) is 1.58. The van der Waals surface area contributed by atoms with Gasteiger partial charge in [-0.15, -0.1) is 0 Å². The molecule has 1 aliphatic rings. The van der Waals surface area contributed by atoms with Gasteiger partial charge in [-0.25, -0.2) is 8.42 Å². The predicted molar refractivity (Wildman–Crippen MR) is 102 cm³/mol. The Balaban J connectivity index is 1.69. The number of hydrogen-bond acceptors (Lipinski definition) is 4. The van der Waals surface area contributed by atoms with Crippen molar-refractivity contribution in [2.75, 3.05) is 32.8 Å². The van der Waals surface area contributed by atoms with Crippen molar-refractivity contribution in [3.05, 3.63) is 53.9 Å². The third kappa shape index (κ3) is 4.40. The third-order valence-corrected chi connectivity index (χ3v) is 6.62. The Morgan fingerprint density at radius 2 is 1.89 bits per heavy atom. The van der Waals surface area contributed by atoms with Crippen molar-refractivity contribution >= 4 is 15.9 Å². The van der Waals surface area contributed by atoms with Crippen LogP contribution in [0.2, 0.25) is 0 Å². The highest BCUT2D eigenvalue weighted by Crippen LogP contribution is 2.20. The van der Waals surface area contributed by atoms with E-state index in [9.17, 15) is 13.2 Å². The van der Waals surface area contributed by atoms with Gasteiger partial charge in [0.15, 0.2) is 0 Å². The monoisotopic (exact) mass is 391 g/mol. The first-order valence-corrected chi connectivity index (χ1v) is 10.4. The van der Waals surface area contributed by atoms with Crippen molar-refractivity contribution in [1.29, 1.82) is 0 Å². The molecule has 1 aromatic carbocycles. The summed E-state index contributed by atoms with van der Waals surface area (Å²) in [7, 11) is -1.94. The molecule has 0 bridgehead atoms. The Hall–Kier alpha value is -2.16. The number of aryl methyl sites for hydroxylation is 1. The number of hydrogen-bond donors (Lipinski definition) is 1. The van der Waals surface area contributed by atoms with Gasteiger partial charge in [0.05, 0.1) is 13.2 Å². The number of morpholine rings is 1. The fraction of sp³-hybridized carbons (Fsp3) is 0.421. The van der Waals surface area contributed by atoms with Gasteiger partial charge in [0.2, 0.25) is 10.0 Å². The molecule has 2 heterocycles. The molecule has 1 amide bonds. The maximum Gasteiger partial charge on any atom is 0.267 e. The molecule has 27 heavy (non-hydrogen) atoms. The first-order valence-electron chi connectivity index (χ1n) is 8.97. The van der Waals surface area contributed by atoms with Gasteiger partial charge in [0, 0.05) is 32.9 Å². The van der Waals surface area contributed by atoms with E-state index in [2.05, 4.69) is 5.32 Å². The quantitative estimate of drug-likeness (QED) is 0.811. The summed E-state index contributed by atoms with van der Waals surface area (Å²) in [5.41, 5.74) is 1.46. The SMILES string of the molecule is C[C@@H](CNC(=O)c1cc(S(=O)(=O)N2CCOCC2)cn1C)c1ccccc1. The van der Waals surface area contributed by atoms with Gasteiger partial charge in [-0.3, -0.25) is 4.79 Å². The van der Waals surface area contributed by atoms with Gasteiger partial charge in [-0.1, -0.05) is 37.3 Å². The van der Waals surface area contributed by atoms with Gasteiger partial charge in [-0.05, 0) is 17.5 Å². The molecule has 1 aliphatic heterocycles. The maximum atomic E-state index is 12.8. The van der Waals surface area contributed by atoms with Crippen molar-refractivity contribution in [1.82, 2.24) is 14.2 Å². The van der Waals surface area contributed by atoms with Crippen molar-refractivity contribution < 1.29 is 17.9 Å². The third-order valence-electron chi connectivity index (χ3n) is 4.76. The van der Waals surface area contributed by atoms with Crippen LogP contribution in [-0.2, 0) is 21.8 Å². The van der Waals surface area contributed by atoms with E-state index in [1.165, 1.54) is 16.6 Å². The number of aromatic nitrogens is 1. The minimum absolute atomic E-state index is 0.133. The number of nitrogens with zero attached hydrogens (tertiary/aromatic N) is 2. The van der Waals surface area contributed by atoms with Crippen LogP contribution in [0.1, 0.15) is 28.9 Å². The molecule has 1 saturated heterocycles. The van der Waals surface area contributed by atoms with Crippen LogP contribution in [0.3, 0.4) is 0 Å². The van der Waals surface area contributed by atoms with Gasteiger partial charge >= 0.3 is 0 Å². The van der Waals surface area contributed by atoms with E-state index in [4.69, 9.17) is 4.74 Å². The molecule has 7 nitrogen and oxygen atoms in total. The molecule has 0 spiro atoms. The van der Waals surface area contributed by atoms with Crippen LogP contribution >= 0.6 is 0 Å². The van der Waals surface area contributed by atoms with Crippen LogP contribution in [0.4, 0.5) is 0 Å². The maximum absolute atomic E-state index is 12.8. The summed E-state index contributed by atoms with van der Waals surface area (Å²) in [6.45, 7) is 3.93. The lowest BCUT2D eigenvalue weighted by Gasteiger charge is -2.25. The summed E-state index contributed by atoms with van der Waals surface area (Å²) in [5, 5.41) is 2.89. The normalized spacial score (nSPS) is 16.8. The number of sulfonamides is 1. The molecule has 1 atom stereocenters. The van der Waals surface area contributed by atoms with Crippen molar-refractivity contribution in [2.24, 2.45) is 7.05 Å². The van der Waals surface area contributed by atoms with E-state index in [0.717, 1.165) is 5.56 Å². The molecule has 1 aromatic heterocycles. The summed E-state index contributed by atoms with van der Waals surface area (Å²) in [6.07, 6.45) is 1.49. The first-order chi connectivity index (χ1) is 12.9. The van der Waals surface area contributed by atoms with Crippen molar-refractivity contribution in [3.8, 4) is 0 Å². The summed E-state index contributed by atoms with van der Waals surface area (Å²) >= 11 is 0. The minimum atomic E-state index is -3.62. The Bertz CT molecular complexity index is 887. The topological polar surface area (TPSA) is 80.6 Å². The average Bonchev–Trinajstić information content (AvgIpc) is 3.10. The van der Waals surface area contributed by atoms with Crippen LogP contribution in [0.15, 0.2) is 47.5 Å². The van der Waals surface area contributed by atoms with E-state index < -0.39 is 10.0 Å². The van der Waals surface area contributed by atoms with Crippen LogP contribution in [0.25, 0.3) is 0 Å². The summed E-state index contributed by atoms with van der Waals surface area (Å²) < 4.78 is 33.7. The van der Waals surface area contributed by atoms with E-state index in [1.807, 2.05) is 37.3 Å². The highest BCUT2D eigenvalue weighted by atomic mass is 32.2. The lowest BCUT2D eigenvalue weighted by Crippen LogP contribution is -2.40. The Kier molecular flexibility index (Phi) is 5.98. The number of carbonyl (C=O) groups is 1. The minimum Gasteiger partial charge on any atom is -0.379 e. The Labute approximate surface area is 160 Å². The molecule has 2 aromatic rings. The second-order valence-electron chi connectivity index (χ2n) is 6.71. The largest absolute Gasteiger partial charge is 0.379 e. The first kappa shape index (κ1) is 19.6. The van der Waals surface area contributed by atoms with Gasteiger partial charge in [0.25, 0.3) is 5.91 Å². The fourth-order valence-electron chi connectivity index (χ4n) is 3.07. The standard InChI is InChI=1S/C19H25N3O4S/c1-15(16-6-4-3-5-7-16)13-20-19(23)18-12-17(14-21(18)2)27(24,25)22-8-10-26-11-9-22/h3-7,12,14-15H,8-11,13H2,1-2H3,(H,20,23)/t15-/m0/s1. The van der Waals surface area contributed by atoms with E-state index >= 15 is 0 Å². The molecule has 146 valence electrons. The molecule has 0 unspecified atom stereocenters. The zero-order valence-electron chi connectivity index (χ0n) is 15.6. The molecule has 1 fully saturated rings. The molecule has 1 N–H and O–H groups in total. The average molecular weight is 391 g/mol. The van der Waals surface area contributed by atoms with Crippen LogP contribution in [0, 0.1) is 0 Å². The lowest BCUT2D eigenvalue weighted by molar-refractivity contribution is 0.0730. The number of benzene rings is 1. The number of ether oxygens (including phenoxy) is 1. The van der Waals surface area contributed by atoms with E-state index in [-0.39, 0.29) is 16.7 Å². The van der Waals surface area contributed by atoms with Gasteiger partial charge in [0.1, 0.15) is 10.6 Å². The fourth-order valence-corrected chi connectivity index (χ4v) is 4.55. The summed E-state index contributed by atoms with van der Waals surface area (Å²) in [5.74, 6) is -0.129. The zero-order chi connectivity index (χ0) is 19.4. The molecule has 8 heteroatoms. The number of rotatable bonds is 6. The Morgan fingerprint density at radius 1 is 1.22 bits per heavy atom. The molecular formula is C19H25N3O4S. The molecule has 0 saturated carbocycles. The van der Waals surface area contributed by atoms with Gasteiger partial charge in [-0.2, -0.15) is 4.31 Å². The lowest BCUT2D eigenvalue weighted by atomic mass is 10.0. The smallest absolute Gasteiger partial charge is 0.267 e. The van der Waals surface area contributed by atoms with E-state index in [0.29, 0.717) is 38.5 Å². The number of amides is 1. The second-order valence-corrected chi connectivity index (χ2v) is 8.65. The van der Waals surface area contributed by atoms with E-state index in [1.54, 1.807) is 11.6 Å².